The lowest BCUT2D eigenvalue weighted by Gasteiger charge is -2.24. The maximum atomic E-state index is 5.83. The fourth-order valence-electron chi connectivity index (χ4n) is 2.48. The fraction of sp³-hybridized carbons (Fsp3) is 0.467. The summed E-state index contributed by atoms with van der Waals surface area (Å²) in [4.78, 5) is 11.2. The number of hydrogen-bond acceptors (Lipinski definition) is 4. The first-order valence-corrected chi connectivity index (χ1v) is 7.03. The van der Waals surface area contributed by atoms with Gasteiger partial charge in [0.05, 0.1) is 5.52 Å². The topological polar surface area (TPSA) is 55.0 Å². The molecule has 1 aromatic carbocycles. The van der Waals surface area contributed by atoms with E-state index in [4.69, 9.17) is 5.73 Å². The van der Waals surface area contributed by atoms with E-state index in [0.29, 0.717) is 0 Å². The molecule has 0 bridgehead atoms. The second kappa shape index (κ2) is 5.03. The number of benzene rings is 1. The van der Waals surface area contributed by atoms with E-state index in [0.717, 1.165) is 47.8 Å². The molecule has 0 saturated heterocycles. The monoisotopic (exact) mass is 256 g/mol. The molecule has 0 aliphatic heterocycles. The van der Waals surface area contributed by atoms with Crippen molar-refractivity contribution in [3.8, 4) is 0 Å². The van der Waals surface area contributed by atoms with E-state index in [1.165, 1.54) is 12.8 Å². The van der Waals surface area contributed by atoms with E-state index >= 15 is 0 Å². The Morgan fingerprint density at radius 1 is 1.32 bits per heavy atom. The summed E-state index contributed by atoms with van der Waals surface area (Å²) in [5.41, 5.74) is 7.51. The minimum Gasteiger partial charge on any atom is -0.399 e. The molecule has 1 heterocycles. The minimum atomic E-state index is 0.751. The van der Waals surface area contributed by atoms with Crippen LogP contribution >= 0.6 is 0 Å². The van der Waals surface area contributed by atoms with Gasteiger partial charge in [-0.2, -0.15) is 0 Å². The molecular weight excluding hydrogens is 236 g/mol. The SMILES string of the molecule is CCCN(CC1CC1)c1ncnc2cc(N)ccc12. The number of aromatic nitrogens is 2. The summed E-state index contributed by atoms with van der Waals surface area (Å²) in [7, 11) is 0. The first-order valence-electron chi connectivity index (χ1n) is 7.03. The van der Waals surface area contributed by atoms with Gasteiger partial charge in [-0.25, -0.2) is 9.97 Å². The van der Waals surface area contributed by atoms with Crippen molar-refractivity contribution in [2.75, 3.05) is 23.7 Å². The highest BCUT2D eigenvalue weighted by Gasteiger charge is 2.25. The van der Waals surface area contributed by atoms with Crippen molar-refractivity contribution >= 4 is 22.4 Å². The largest absolute Gasteiger partial charge is 0.399 e. The Balaban J connectivity index is 2.00. The Labute approximate surface area is 113 Å². The van der Waals surface area contributed by atoms with Gasteiger partial charge in [-0.1, -0.05) is 6.92 Å². The smallest absolute Gasteiger partial charge is 0.139 e. The Kier molecular flexibility index (Phi) is 3.23. The van der Waals surface area contributed by atoms with Crippen molar-refractivity contribution < 1.29 is 0 Å². The molecule has 1 aliphatic carbocycles. The highest BCUT2D eigenvalue weighted by Crippen LogP contribution is 2.33. The average Bonchev–Trinajstić information content (AvgIpc) is 3.21. The summed E-state index contributed by atoms with van der Waals surface area (Å²) in [6, 6.07) is 5.88. The average molecular weight is 256 g/mol. The number of hydrogen-bond donors (Lipinski definition) is 1. The summed E-state index contributed by atoms with van der Waals surface area (Å²) < 4.78 is 0. The molecule has 2 aromatic rings. The van der Waals surface area contributed by atoms with Gasteiger partial charge in [-0.3, -0.25) is 0 Å². The van der Waals surface area contributed by atoms with E-state index in [1.807, 2.05) is 18.2 Å². The number of nitrogens with two attached hydrogens (primary N) is 1. The van der Waals surface area contributed by atoms with E-state index in [2.05, 4.69) is 21.8 Å². The van der Waals surface area contributed by atoms with Crippen LogP contribution in [0.25, 0.3) is 10.9 Å². The van der Waals surface area contributed by atoms with Gasteiger partial charge in [-0.05, 0) is 43.4 Å². The molecule has 1 saturated carbocycles. The maximum Gasteiger partial charge on any atom is 0.139 e. The second-order valence-corrected chi connectivity index (χ2v) is 5.36. The van der Waals surface area contributed by atoms with Crippen LogP contribution in [0.2, 0.25) is 0 Å². The Bertz CT molecular complexity index is 577. The van der Waals surface area contributed by atoms with E-state index in [9.17, 15) is 0 Å². The highest BCUT2D eigenvalue weighted by molar-refractivity contribution is 5.91. The van der Waals surface area contributed by atoms with Gasteiger partial charge in [0.25, 0.3) is 0 Å². The third-order valence-electron chi connectivity index (χ3n) is 3.61. The van der Waals surface area contributed by atoms with Gasteiger partial charge in [0.15, 0.2) is 0 Å². The number of anilines is 2. The molecule has 19 heavy (non-hydrogen) atoms. The third kappa shape index (κ3) is 2.62. The molecule has 100 valence electrons. The molecule has 4 nitrogen and oxygen atoms in total. The molecule has 0 atom stereocenters. The van der Waals surface area contributed by atoms with Crippen LogP contribution in [0.5, 0.6) is 0 Å². The predicted octanol–water partition coefficient (Wildman–Crippen LogP) is 2.84. The summed E-state index contributed by atoms with van der Waals surface area (Å²) in [5, 5.41) is 1.10. The van der Waals surface area contributed by atoms with Crippen molar-refractivity contribution in [1.82, 2.24) is 9.97 Å². The maximum absolute atomic E-state index is 5.83. The molecule has 0 radical (unpaired) electrons. The molecule has 2 N–H and O–H groups in total. The molecule has 0 amide bonds. The summed E-state index contributed by atoms with van der Waals surface area (Å²) in [5.74, 6) is 1.91. The summed E-state index contributed by atoms with van der Waals surface area (Å²) in [6.45, 7) is 4.37. The van der Waals surface area contributed by atoms with Crippen LogP contribution in [-0.4, -0.2) is 23.1 Å². The van der Waals surface area contributed by atoms with Crippen molar-refractivity contribution in [2.24, 2.45) is 5.92 Å². The molecule has 1 fully saturated rings. The normalized spacial score (nSPS) is 14.8. The summed E-state index contributed by atoms with van der Waals surface area (Å²) in [6.07, 6.45) is 5.49. The minimum absolute atomic E-state index is 0.751. The second-order valence-electron chi connectivity index (χ2n) is 5.36. The zero-order valence-corrected chi connectivity index (χ0v) is 11.3. The highest BCUT2D eigenvalue weighted by atomic mass is 15.2. The van der Waals surface area contributed by atoms with Crippen LogP contribution < -0.4 is 10.6 Å². The van der Waals surface area contributed by atoms with Gasteiger partial charge in [0.2, 0.25) is 0 Å². The number of rotatable bonds is 5. The standard InChI is InChI=1S/C15H20N4/c1-2-7-19(9-11-3-4-11)15-13-6-5-12(16)8-14(13)17-10-18-15/h5-6,8,10-11H,2-4,7,9,16H2,1H3. The van der Waals surface area contributed by atoms with Gasteiger partial charge in [0, 0.05) is 24.2 Å². The molecule has 1 aromatic heterocycles. The zero-order chi connectivity index (χ0) is 13.2. The molecule has 3 rings (SSSR count). The third-order valence-corrected chi connectivity index (χ3v) is 3.61. The molecule has 1 aliphatic rings. The van der Waals surface area contributed by atoms with Crippen LogP contribution in [0.4, 0.5) is 11.5 Å². The molecule has 4 heteroatoms. The van der Waals surface area contributed by atoms with Crippen molar-refractivity contribution in [3.05, 3.63) is 24.5 Å². The van der Waals surface area contributed by atoms with Crippen LogP contribution in [0, 0.1) is 5.92 Å². The van der Waals surface area contributed by atoms with Gasteiger partial charge < -0.3 is 10.6 Å². The Morgan fingerprint density at radius 3 is 2.89 bits per heavy atom. The Morgan fingerprint density at radius 2 is 2.16 bits per heavy atom. The van der Waals surface area contributed by atoms with Gasteiger partial charge >= 0.3 is 0 Å². The number of nitrogen functional groups attached to an aromatic ring is 1. The lowest BCUT2D eigenvalue weighted by molar-refractivity contribution is 0.701. The fourth-order valence-corrected chi connectivity index (χ4v) is 2.48. The lowest BCUT2D eigenvalue weighted by atomic mass is 10.2. The van der Waals surface area contributed by atoms with Crippen molar-refractivity contribution in [1.29, 1.82) is 0 Å². The van der Waals surface area contributed by atoms with E-state index in [-0.39, 0.29) is 0 Å². The molecule has 0 spiro atoms. The van der Waals surface area contributed by atoms with Crippen LogP contribution in [0.15, 0.2) is 24.5 Å². The number of nitrogens with zero attached hydrogens (tertiary/aromatic N) is 3. The van der Waals surface area contributed by atoms with Crippen LogP contribution in [0.1, 0.15) is 26.2 Å². The van der Waals surface area contributed by atoms with Crippen molar-refractivity contribution in [2.45, 2.75) is 26.2 Å². The first-order chi connectivity index (χ1) is 9.28. The van der Waals surface area contributed by atoms with E-state index in [1.54, 1.807) is 6.33 Å². The van der Waals surface area contributed by atoms with Gasteiger partial charge in [-0.15, -0.1) is 0 Å². The van der Waals surface area contributed by atoms with Crippen molar-refractivity contribution in [3.63, 3.8) is 0 Å². The molecular formula is C15H20N4. The van der Waals surface area contributed by atoms with Crippen LogP contribution in [-0.2, 0) is 0 Å². The lowest BCUT2D eigenvalue weighted by Crippen LogP contribution is -2.27. The quantitative estimate of drug-likeness (QED) is 0.836. The Hall–Kier alpha value is -1.84. The predicted molar refractivity (Wildman–Crippen MR) is 79.2 cm³/mol. The number of fused-ring (bicyclic) bond motifs is 1. The summed E-state index contributed by atoms with van der Waals surface area (Å²) >= 11 is 0. The zero-order valence-electron chi connectivity index (χ0n) is 11.3. The van der Waals surface area contributed by atoms with Gasteiger partial charge in [0.1, 0.15) is 12.1 Å². The first kappa shape index (κ1) is 12.2. The van der Waals surface area contributed by atoms with Crippen LogP contribution in [0.3, 0.4) is 0 Å². The molecule has 0 unspecified atom stereocenters. The van der Waals surface area contributed by atoms with E-state index < -0.39 is 0 Å².